The van der Waals surface area contributed by atoms with Crippen LogP contribution in [0.15, 0.2) is 18.5 Å². The molecule has 1 aromatic heterocycles. The van der Waals surface area contributed by atoms with E-state index in [9.17, 15) is 8.42 Å². The van der Waals surface area contributed by atoms with Gasteiger partial charge in [0.1, 0.15) is 0 Å². The first kappa shape index (κ1) is 15.1. The van der Waals surface area contributed by atoms with Crippen LogP contribution in [-0.2, 0) is 16.8 Å². The van der Waals surface area contributed by atoms with Crippen LogP contribution < -0.4 is 10.0 Å². The lowest BCUT2D eigenvalue weighted by Crippen LogP contribution is -2.40. The Morgan fingerprint density at radius 2 is 2.17 bits per heavy atom. The molecule has 1 heterocycles. The smallest absolute Gasteiger partial charge is 0.279 e. The average molecular weight is 275 g/mol. The monoisotopic (exact) mass is 275 g/mol. The van der Waals surface area contributed by atoms with Crippen LogP contribution in [0.1, 0.15) is 6.42 Å². The van der Waals surface area contributed by atoms with E-state index < -0.39 is 10.2 Å². The first-order valence-corrected chi connectivity index (χ1v) is 7.33. The largest absolute Gasteiger partial charge is 0.320 e. The molecule has 1 aromatic rings. The number of aromatic nitrogens is 2. The summed E-state index contributed by atoms with van der Waals surface area (Å²) in [6, 6.07) is 1.80. The highest BCUT2D eigenvalue weighted by atomic mass is 32.2. The summed E-state index contributed by atoms with van der Waals surface area (Å²) >= 11 is 0. The van der Waals surface area contributed by atoms with Crippen LogP contribution in [0, 0.1) is 0 Å². The Morgan fingerprint density at radius 3 is 2.78 bits per heavy atom. The summed E-state index contributed by atoms with van der Waals surface area (Å²) in [5.74, 6) is 0. The predicted octanol–water partition coefficient (Wildman–Crippen LogP) is -0.741. The molecule has 0 aromatic carbocycles. The van der Waals surface area contributed by atoms with Gasteiger partial charge in [-0.3, -0.25) is 4.68 Å². The molecule has 0 radical (unpaired) electrons. The van der Waals surface area contributed by atoms with E-state index in [4.69, 9.17) is 0 Å². The van der Waals surface area contributed by atoms with E-state index in [1.165, 1.54) is 4.31 Å². The third-order valence-corrected chi connectivity index (χ3v) is 4.07. The van der Waals surface area contributed by atoms with Gasteiger partial charge in [-0.25, -0.2) is 4.72 Å². The van der Waals surface area contributed by atoms with Gasteiger partial charge < -0.3 is 5.32 Å². The second-order valence-corrected chi connectivity index (χ2v) is 5.81. The molecule has 8 heteroatoms. The minimum atomic E-state index is -3.38. The van der Waals surface area contributed by atoms with E-state index in [1.54, 1.807) is 30.2 Å². The minimum absolute atomic E-state index is 0.334. The van der Waals surface area contributed by atoms with Gasteiger partial charge in [0, 0.05) is 32.5 Å². The van der Waals surface area contributed by atoms with Gasteiger partial charge in [0.15, 0.2) is 0 Å². The first-order chi connectivity index (χ1) is 8.56. The zero-order chi connectivity index (χ0) is 13.4. The highest BCUT2D eigenvalue weighted by Gasteiger charge is 2.15. The second kappa shape index (κ2) is 7.47. The lowest BCUT2D eigenvalue weighted by Gasteiger charge is -2.17. The van der Waals surface area contributed by atoms with Gasteiger partial charge in [0.25, 0.3) is 10.2 Å². The molecule has 0 saturated heterocycles. The molecule has 18 heavy (non-hydrogen) atoms. The molecule has 0 aliphatic heterocycles. The number of hydrogen-bond acceptors (Lipinski definition) is 4. The maximum absolute atomic E-state index is 11.8. The number of hydrogen-bond donors (Lipinski definition) is 2. The Morgan fingerprint density at radius 1 is 1.39 bits per heavy atom. The summed E-state index contributed by atoms with van der Waals surface area (Å²) < 4.78 is 29.2. The molecule has 0 aliphatic carbocycles. The fourth-order valence-electron chi connectivity index (χ4n) is 1.43. The zero-order valence-corrected chi connectivity index (χ0v) is 11.7. The van der Waals surface area contributed by atoms with E-state index in [0.29, 0.717) is 19.6 Å². The maximum atomic E-state index is 11.8. The zero-order valence-electron chi connectivity index (χ0n) is 10.8. The molecule has 0 atom stereocenters. The maximum Gasteiger partial charge on any atom is 0.279 e. The van der Waals surface area contributed by atoms with Gasteiger partial charge in [-0.2, -0.15) is 17.8 Å². The van der Waals surface area contributed by atoms with Crippen LogP contribution in [0.2, 0.25) is 0 Å². The van der Waals surface area contributed by atoms with Crippen molar-refractivity contribution in [3.05, 3.63) is 18.5 Å². The molecule has 7 nitrogen and oxygen atoms in total. The SMILES string of the molecule is CNCCCN(C)S(=O)(=O)NCCn1cccn1. The molecule has 1 rings (SSSR count). The average Bonchev–Trinajstić information content (AvgIpc) is 2.82. The van der Waals surface area contributed by atoms with E-state index >= 15 is 0 Å². The fourth-order valence-corrected chi connectivity index (χ4v) is 2.37. The molecular formula is C10H21N5O2S. The van der Waals surface area contributed by atoms with Crippen molar-refractivity contribution in [1.82, 2.24) is 24.1 Å². The van der Waals surface area contributed by atoms with E-state index in [-0.39, 0.29) is 0 Å². The molecule has 0 amide bonds. The van der Waals surface area contributed by atoms with Crippen molar-refractivity contribution in [2.75, 3.05) is 33.7 Å². The standard InChI is InChI=1S/C10H21N5O2S/c1-11-5-3-8-14(2)18(16,17)13-7-10-15-9-4-6-12-15/h4,6,9,11,13H,3,5,7-8,10H2,1-2H3. The number of nitrogens with one attached hydrogen (secondary N) is 2. The van der Waals surface area contributed by atoms with Crippen LogP contribution in [0.4, 0.5) is 0 Å². The van der Waals surface area contributed by atoms with Gasteiger partial charge in [-0.1, -0.05) is 0 Å². The van der Waals surface area contributed by atoms with Crippen molar-refractivity contribution in [1.29, 1.82) is 0 Å². The van der Waals surface area contributed by atoms with E-state index in [0.717, 1.165) is 13.0 Å². The lowest BCUT2D eigenvalue weighted by atomic mass is 10.4. The van der Waals surface area contributed by atoms with Gasteiger partial charge in [0.2, 0.25) is 0 Å². The van der Waals surface area contributed by atoms with Crippen molar-refractivity contribution in [3.8, 4) is 0 Å². The summed E-state index contributed by atoms with van der Waals surface area (Å²) in [6.07, 6.45) is 4.25. The molecule has 0 unspecified atom stereocenters. The highest BCUT2D eigenvalue weighted by molar-refractivity contribution is 7.87. The van der Waals surface area contributed by atoms with Crippen molar-refractivity contribution < 1.29 is 8.42 Å². The topological polar surface area (TPSA) is 79.3 Å². The third kappa shape index (κ3) is 5.13. The minimum Gasteiger partial charge on any atom is -0.320 e. The summed E-state index contributed by atoms with van der Waals surface area (Å²) in [4.78, 5) is 0. The Balaban J connectivity index is 2.30. The van der Waals surface area contributed by atoms with Gasteiger partial charge in [0.05, 0.1) is 6.54 Å². The molecule has 0 aliphatic rings. The van der Waals surface area contributed by atoms with Gasteiger partial charge in [-0.15, -0.1) is 0 Å². The molecule has 0 fully saturated rings. The Bertz CT molecular complexity index is 417. The third-order valence-electron chi connectivity index (χ3n) is 2.49. The van der Waals surface area contributed by atoms with Gasteiger partial charge >= 0.3 is 0 Å². The lowest BCUT2D eigenvalue weighted by molar-refractivity contribution is 0.444. The Labute approximate surface area is 108 Å². The number of nitrogens with zero attached hydrogens (tertiary/aromatic N) is 3. The first-order valence-electron chi connectivity index (χ1n) is 5.89. The molecule has 104 valence electrons. The summed E-state index contributed by atoms with van der Waals surface area (Å²) in [6.45, 7) is 2.15. The second-order valence-electron chi connectivity index (χ2n) is 3.95. The summed E-state index contributed by atoms with van der Waals surface area (Å²) in [5.41, 5.74) is 0. The Kier molecular flexibility index (Phi) is 6.27. The molecule has 0 saturated carbocycles. The fraction of sp³-hybridized carbons (Fsp3) is 0.700. The summed E-state index contributed by atoms with van der Waals surface area (Å²) in [5, 5.41) is 6.98. The van der Waals surface area contributed by atoms with Crippen LogP contribution in [-0.4, -0.2) is 56.2 Å². The van der Waals surface area contributed by atoms with E-state index in [1.807, 2.05) is 7.05 Å². The van der Waals surface area contributed by atoms with Crippen LogP contribution >= 0.6 is 0 Å². The van der Waals surface area contributed by atoms with Gasteiger partial charge in [-0.05, 0) is 26.1 Å². The number of rotatable bonds is 9. The van der Waals surface area contributed by atoms with Crippen LogP contribution in [0.5, 0.6) is 0 Å². The normalized spacial score (nSPS) is 12.2. The van der Waals surface area contributed by atoms with Crippen LogP contribution in [0.25, 0.3) is 0 Å². The van der Waals surface area contributed by atoms with Crippen LogP contribution in [0.3, 0.4) is 0 Å². The Hall–Kier alpha value is -0.960. The summed E-state index contributed by atoms with van der Waals surface area (Å²) in [7, 11) is 0.0399. The van der Waals surface area contributed by atoms with Crippen molar-refractivity contribution in [2.24, 2.45) is 0 Å². The highest BCUT2D eigenvalue weighted by Crippen LogP contribution is 1.95. The predicted molar refractivity (Wildman–Crippen MR) is 70.3 cm³/mol. The molecule has 0 spiro atoms. The van der Waals surface area contributed by atoms with Crippen molar-refractivity contribution in [3.63, 3.8) is 0 Å². The molecular weight excluding hydrogens is 254 g/mol. The molecule has 2 N–H and O–H groups in total. The van der Waals surface area contributed by atoms with Crippen molar-refractivity contribution >= 4 is 10.2 Å². The quantitative estimate of drug-likeness (QED) is 0.582. The molecule has 0 bridgehead atoms. The van der Waals surface area contributed by atoms with E-state index in [2.05, 4.69) is 15.1 Å². The van der Waals surface area contributed by atoms with Crippen molar-refractivity contribution in [2.45, 2.75) is 13.0 Å².